The summed E-state index contributed by atoms with van der Waals surface area (Å²) in [6.07, 6.45) is 3.53. The number of hydrogen-bond donors (Lipinski definition) is 0. The van der Waals surface area contributed by atoms with Crippen LogP contribution in [0.3, 0.4) is 0 Å². The van der Waals surface area contributed by atoms with Gasteiger partial charge in [-0.3, -0.25) is 9.59 Å². The van der Waals surface area contributed by atoms with Gasteiger partial charge in [0.25, 0.3) is 11.1 Å². The third-order valence-corrected chi connectivity index (χ3v) is 4.99. The fourth-order valence-corrected chi connectivity index (χ4v) is 3.40. The molecular formula is C24H20N2O2. The van der Waals surface area contributed by atoms with Crippen LogP contribution < -0.4 is 21.8 Å². The highest BCUT2D eigenvalue weighted by Crippen LogP contribution is 2.18. The first kappa shape index (κ1) is 17.7. The molecule has 0 aliphatic heterocycles. The summed E-state index contributed by atoms with van der Waals surface area (Å²) in [4.78, 5) is 26.0. The molecule has 0 atom stereocenters. The van der Waals surface area contributed by atoms with Crippen LogP contribution in [0.4, 0.5) is 0 Å². The van der Waals surface area contributed by atoms with Gasteiger partial charge in [0.1, 0.15) is 10.7 Å². The predicted molar refractivity (Wildman–Crippen MR) is 114 cm³/mol. The van der Waals surface area contributed by atoms with E-state index in [0.717, 1.165) is 21.9 Å². The molecule has 0 saturated heterocycles. The quantitative estimate of drug-likeness (QED) is 0.542. The van der Waals surface area contributed by atoms with Crippen molar-refractivity contribution in [1.82, 2.24) is 9.13 Å². The Bertz CT molecular complexity index is 1410. The molecule has 0 aliphatic rings. The molecule has 0 radical (unpaired) electrons. The first-order valence-electron chi connectivity index (χ1n) is 9.08. The smallest absolute Gasteiger partial charge is 0.274 e. The van der Waals surface area contributed by atoms with Crippen molar-refractivity contribution in [3.05, 3.63) is 115 Å². The van der Waals surface area contributed by atoms with Gasteiger partial charge in [0, 0.05) is 14.1 Å². The number of benzene rings is 3. The first-order valence-corrected chi connectivity index (χ1v) is 9.08. The van der Waals surface area contributed by atoms with E-state index in [4.69, 9.17) is 0 Å². The zero-order valence-electron chi connectivity index (χ0n) is 15.8. The lowest BCUT2D eigenvalue weighted by Gasteiger charge is -2.06. The summed E-state index contributed by atoms with van der Waals surface area (Å²) in [6.45, 7) is 0. The minimum atomic E-state index is -0.211. The Morgan fingerprint density at radius 3 is 1.93 bits per heavy atom. The van der Waals surface area contributed by atoms with Crippen molar-refractivity contribution in [2.45, 2.75) is 0 Å². The molecule has 4 aromatic rings. The van der Waals surface area contributed by atoms with Gasteiger partial charge in [-0.05, 0) is 34.1 Å². The third kappa shape index (κ3) is 3.09. The van der Waals surface area contributed by atoms with Crippen molar-refractivity contribution in [3.63, 3.8) is 0 Å². The van der Waals surface area contributed by atoms with Crippen LogP contribution in [-0.2, 0) is 14.1 Å². The molecule has 0 saturated carbocycles. The molecule has 0 bridgehead atoms. The van der Waals surface area contributed by atoms with Crippen LogP contribution in [0.15, 0.2) is 82.4 Å². The monoisotopic (exact) mass is 368 g/mol. The lowest BCUT2D eigenvalue weighted by molar-refractivity contribution is 0.696. The van der Waals surface area contributed by atoms with E-state index in [0.29, 0.717) is 10.7 Å². The third-order valence-electron chi connectivity index (χ3n) is 4.99. The number of nitrogens with zero attached hydrogens (tertiary/aromatic N) is 2. The normalized spacial score (nSPS) is 12.6. The predicted octanol–water partition coefficient (Wildman–Crippen LogP) is 1.89. The fourth-order valence-electron chi connectivity index (χ4n) is 3.40. The Balaban J connectivity index is 2.03. The van der Waals surface area contributed by atoms with Crippen molar-refractivity contribution in [2.24, 2.45) is 14.1 Å². The zero-order chi connectivity index (χ0) is 19.7. The first-order chi connectivity index (χ1) is 13.6. The average Bonchev–Trinajstić information content (AvgIpc) is 2.74. The summed E-state index contributed by atoms with van der Waals surface area (Å²) in [7, 11) is 3.28. The van der Waals surface area contributed by atoms with Crippen LogP contribution in [0.25, 0.3) is 22.9 Å². The minimum Gasteiger partial charge on any atom is -0.305 e. The van der Waals surface area contributed by atoms with E-state index in [1.807, 2.05) is 72.8 Å². The van der Waals surface area contributed by atoms with Gasteiger partial charge < -0.3 is 9.13 Å². The van der Waals surface area contributed by atoms with Crippen molar-refractivity contribution in [2.75, 3.05) is 0 Å². The molecule has 4 rings (SSSR count). The van der Waals surface area contributed by atoms with Crippen molar-refractivity contribution >= 4 is 22.9 Å². The molecule has 4 heteroatoms. The SMILES string of the molecule is Cn1c(=O)/c(=C/c2cccc3ccccc23)n(C)c(=O)/c1=C/c1ccccc1. The number of hydrogen-bond acceptors (Lipinski definition) is 2. The lowest BCUT2D eigenvalue weighted by atomic mass is 10.0. The summed E-state index contributed by atoms with van der Waals surface area (Å²) in [5, 5.41) is 2.84. The molecule has 0 amide bonds. The average molecular weight is 368 g/mol. The topological polar surface area (TPSA) is 44.0 Å². The zero-order valence-corrected chi connectivity index (χ0v) is 15.8. The van der Waals surface area contributed by atoms with E-state index in [1.54, 1.807) is 26.2 Å². The Morgan fingerprint density at radius 2 is 1.21 bits per heavy atom. The summed E-state index contributed by atoms with van der Waals surface area (Å²) < 4.78 is 2.85. The maximum atomic E-state index is 13.0. The van der Waals surface area contributed by atoms with Crippen molar-refractivity contribution in [3.8, 4) is 0 Å². The Kier molecular flexibility index (Phi) is 4.53. The Hall–Kier alpha value is -3.66. The molecule has 4 nitrogen and oxygen atoms in total. The number of rotatable bonds is 2. The molecule has 138 valence electrons. The molecule has 0 N–H and O–H groups in total. The largest absolute Gasteiger partial charge is 0.305 e. The number of fused-ring (bicyclic) bond motifs is 1. The second kappa shape index (κ2) is 7.16. The molecule has 0 fully saturated rings. The van der Waals surface area contributed by atoms with Gasteiger partial charge in [-0.15, -0.1) is 0 Å². The van der Waals surface area contributed by atoms with E-state index in [-0.39, 0.29) is 11.1 Å². The van der Waals surface area contributed by atoms with Crippen molar-refractivity contribution in [1.29, 1.82) is 0 Å². The highest BCUT2D eigenvalue weighted by atomic mass is 16.1. The van der Waals surface area contributed by atoms with E-state index >= 15 is 0 Å². The van der Waals surface area contributed by atoms with E-state index < -0.39 is 0 Å². The summed E-state index contributed by atoms with van der Waals surface area (Å²) >= 11 is 0. The number of aromatic nitrogens is 2. The van der Waals surface area contributed by atoms with Crippen LogP contribution in [0, 0.1) is 0 Å². The van der Waals surface area contributed by atoms with Gasteiger partial charge in [-0.1, -0.05) is 72.8 Å². The van der Waals surface area contributed by atoms with E-state index in [2.05, 4.69) is 0 Å². The molecule has 3 aromatic carbocycles. The van der Waals surface area contributed by atoms with Crippen LogP contribution in [0.1, 0.15) is 11.1 Å². The molecule has 1 aromatic heterocycles. The van der Waals surface area contributed by atoms with Crippen LogP contribution >= 0.6 is 0 Å². The van der Waals surface area contributed by atoms with Gasteiger partial charge >= 0.3 is 0 Å². The van der Waals surface area contributed by atoms with Crippen LogP contribution in [0.5, 0.6) is 0 Å². The maximum Gasteiger partial charge on any atom is 0.274 e. The van der Waals surface area contributed by atoms with Gasteiger partial charge in [-0.2, -0.15) is 0 Å². The van der Waals surface area contributed by atoms with E-state index in [9.17, 15) is 9.59 Å². The molecule has 0 unspecified atom stereocenters. The van der Waals surface area contributed by atoms with Crippen LogP contribution in [0.2, 0.25) is 0 Å². The van der Waals surface area contributed by atoms with Gasteiger partial charge in [0.15, 0.2) is 0 Å². The lowest BCUT2D eigenvalue weighted by Crippen LogP contribution is -2.56. The molecular weight excluding hydrogens is 348 g/mol. The standard InChI is InChI=1S/C24H20N2O2/c1-25-21(15-17-9-4-3-5-10-17)23(27)26(2)22(24(25)28)16-19-13-8-12-18-11-6-7-14-20(18)19/h3-16H,1-2H3/b21-15-,22-16-. The van der Waals surface area contributed by atoms with Gasteiger partial charge in [-0.25, -0.2) is 0 Å². The molecule has 0 aliphatic carbocycles. The molecule has 28 heavy (non-hydrogen) atoms. The molecule has 0 spiro atoms. The Labute approximate surface area is 161 Å². The second-order valence-electron chi connectivity index (χ2n) is 6.77. The second-order valence-corrected chi connectivity index (χ2v) is 6.77. The Morgan fingerprint density at radius 1 is 0.643 bits per heavy atom. The van der Waals surface area contributed by atoms with Crippen LogP contribution in [-0.4, -0.2) is 9.13 Å². The highest BCUT2D eigenvalue weighted by Gasteiger charge is 2.06. The summed E-state index contributed by atoms with van der Waals surface area (Å²) in [6, 6.07) is 23.4. The highest BCUT2D eigenvalue weighted by molar-refractivity contribution is 5.90. The summed E-state index contributed by atoms with van der Waals surface area (Å²) in [5.41, 5.74) is 1.36. The maximum absolute atomic E-state index is 13.0. The van der Waals surface area contributed by atoms with Gasteiger partial charge in [0.05, 0.1) is 0 Å². The fraction of sp³-hybridized carbons (Fsp3) is 0.0833. The van der Waals surface area contributed by atoms with Crippen molar-refractivity contribution < 1.29 is 0 Å². The van der Waals surface area contributed by atoms with Gasteiger partial charge in [0.2, 0.25) is 0 Å². The molecule has 1 heterocycles. The van der Waals surface area contributed by atoms with E-state index in [1.165, 1.54) is 9.13 Å². The summed E-state index contributed by atoms with van der Waals surface area (Å²) in [5.74, 6) is 0. The minimum absolute atomic E-state index is 0.211.